The van der Waals surface area contributed by atoms with Gasteiger partial charge in [0.2, 0.25) is 11.9 Å². The van der Waals surface area contributed by atoms with E-state index in [1.807, 2.05) is 12.4 Å². The molecular formula is C22H22Cl2N4O3. The minimum atomic E-state index is -0.277. The van der Waals surface area contributed by atoms with Gasteiger partial charge in [-0.2, -0.15) is 0 Å². The monoisotopic (exact) mass is 460 g/mol. The van der Waals surface area contributed by atoms with E-state index in [-0.39, 0.29) is 30.0 Å². The number of carbonyl (C=O) groups is 1. The Morgan fingerprint density at radius 1 is 1.06 bits per heavy atom. The van der Waals surface area contributed by atoms with Crippen LogP contribution in [0.4, 0.5) is 11.6 Å². The molecule has 0 radical (unpaired) electrons. The first-order chi connectivity index (χ1) is 15.1. The standard InChI is InChI=1S/C22H22Cl2N4O3/c23-15-2-1-12(7-16(15)24)27-21(29)18-17(19-13-8-14(13)20(18)31-19)11-9-25-22(26-10-11)28-3-5-30-6-4-28/h1-2,7,9-10,13-14,17-20H,3-6,8H2,(H,27,29)/t13-,14+,17+,18-,19-,20+/m0/s1. The lowest BCUT2D eigenvalue weighted by Gasteiger charge is -2.28. The van der Waals surface area contributed by atoms with E-state index in [2.05, 4.69) is 20.2 Å². The molecule has 2 bridgehead atoms. The first-order valence-electron chi connectivity index (χ1n) is 10.7. The van der Waals surface area contributed by atoms with Gasteiger partial charge in [0, 0.05) is 37.1 Å². The summed E-state index contributed by atoms with van der Waals surface area (Å²) in [5, 5.41) is 3.88. The highest BCUT2D eigenvalue weighted by atomic mass is 35.5. The Morgan fingerprint density at radius 2 is 1.81 bits per heavy atom. The Balaban J connectivity index is 1.25. The molecule has 1 saturated carbocycles. The van der Waals surface area contributed by atoms with Gasteiger partial charge in [-0.3, -0.25) is 4.79 Å². The molecule has 4 fully saturated rings. The summed E-state index contributed by atoms with van der Waals surface area (Å²) in [7, 11) is 0. The number of rotatable bonds is 4. The first kappa shape index (κ1) is 19.7. The number of halogens is 2. The second-order valence-corrected chi connectivity index (χ2v) is 9.53. The van der Waals surface area contributed by atoms with Crippen molar-refractivity contribution < 1.29 is 14.3 Å². The lowest BCUT2D eigenvalue weighted by atomic mass is 9.75. The Morgan fingerprint density at radius 3 is 2.55 bits per heavy atom. The predicted molar refractivity (Wildman–Crippen MR) is 117 cm³/mol. The molecule has 9 heteroatoms. The van der Waals surface area contributed by atoms with E-state index in [4.69, 9.17) is 32.7 Å². The van der Waals surface area contributed by atoms with E-state index >= 15 is 0 Å². The molecule has 1 amide bonds. The molecule has 31 heavy (non-hydrogen) atoms. The average molecular weight is 461 g/mol. The first-order valence-corrected chi connectivity index (χ1v) is 11.4. The number of morpholine rings is 1. The summed E-state index contributed by atoms with van der Waals surface area (Å²) in [6, 6.07) is 5.11. The molecule has 2 aromatic rings. The van der Waals surface area contributed by atoms with Crippen LogP contribution in [0, 0.1) is 17.8 Å². The molecule has 7 nitrogen and oxygen atoms in total. The van der Waals surface area contributed by atoms with Crippen molar-refractivity contribution in [3.8, 4) is 0 Å². The number of hydrogen-bond donors (Lipinski definition) is 1. The normalized spacial score (nSPS) is 33.3. The van der Waals surface area contributed by atoms with Crippen LogP contribution in [0.25, 0.3) is 0 Å². The van der Waals surface area contributed by atoms with E-state index in [1.54, 1.807) is 18.2 Å². The molecule has 1 N–H and O–H groups in total. The van der Waals surface area contributed by atoms with Crippen LogP contribution in [-0.2, 0) is 14.3 Å². The lowest BCUT2D eigenvalue weighted by molar-refractivity contribution is -0.122. The van der Waals surface area contributed by atoms with Crippen LogP contribution in [-0.4, -0.2) is 54.4 Å². The SMILES string of the molecule is O=C(Nc1ccc(Cl)c(Cl)c1)[C@@H]1[C@@H]2O[C@@H]([C@H]3C[C@H]32)[C@@H]1c1cnc(N2CCOCC2)nc1. The van der Waals surface area contributed by atoms with E-state index in [9.17, 15) is 4.79 Å². The van der Waals surface area contributed by atoms with Gasteiger partial charge in [-0.05, 0) is 42.0 Å². The van der Waals surface area contributed by atoms with Gasteiger partial charge in [0.25, 0.3) is 0 Å². The van der Waals surface area contributed by atoms with E-state index in [0.717, 1.165) is 25.1 Å². The fraction of sp³-hybridized carbons (Fsp3) is 0.500. The molecule has 4 heterocycles. The smallest absolute Gasteiger partial charge is 0.230 e. The lowest BCUT2D eigenvalue weighted by Crippen LogP contribution is -2.38. The minimum Gasteiger partial charge on any atom is -0.378 e. The molecule has 3 saturated heterocycles. The Hall–Kier alpha value is -1.93. The summed E-state index contributed by atoms with van der Waals surface area (Å²) in [4.78, 5) is 24.7. The third-order valence-corrected chi connectivity index (χ3v) is 7.71. The fourth-order valence-electron chi connectivity index (χ4n) is 5.42. The Labute approximate surface area is 190 Å². The second kappa shape index (κ2) is 7.59. The largest absolute Gasteiger partial charge is 0.378 e. The molecule has 6 rings (SSSR count). The van der Waals surface area contributed by atoms with Crippen molar-refractivity contribution >= 4 is 40.7 Å². The van der Waals surface area contributed by atoms with Crippen molar-refractivity contribution in [2.24, 2.45) is 17.8 Å². The minimum absolute atomic E-state index is 0.0461. The zero-order valence-corrected chi connectivity index (χ0v) is 18.2. The third-order valence-electron chi connectivity index (χ3n) is 6.97. The van der Waals surface area contributed by atoms with Crippen molar-refractivity contribution in [2.75, 3.05) is 36.5 Å². The van der Waals surface area contributed by atoms with Gasteiger partial charge >= 0.3 is 0 Å². The molecular weight excluding hydrogens is 439 g/mol. The molecule has 6 atom stereocenters. The van der Waals surface area contributed by atoms with Gasteiger partial charge in [-0.25, -0.2) is 9.97 Å². The number of anilines is 2. The second-order valence-electron chi connectivity index (χ2n) is 8.71. The van der Waals surface area contributed by atoms with Crippen LogP contribution in [0.2, 0.25) is 10.0 Å². The summed E-state index contributed by atoms with van der Waals surface area (Å²) in [5.41, 5.74) is 1.59. The maximum atomic E-state index is 13.3. The average Bonchev–Trinajstić information content (AvgIpc) is 3.41. The number of ether oxygens (including phenoxy) is 2. The zero-order valence-electron chi connectivity index (χ0n) is 16.7. The Bertz CT molecular complexity index is 1010. The van der Waals surface area contributed by atoms with Crippen LogP contribution in [0.1, 0.15) is 17.9 Å². The molecule has 0 unspecified atom stereocenters. The van der Waals surface area contributed by atoms with Gasteiger partial charge in [-0.1, -0.05) is 23.2 Å². The fourth-order valence-corrected chi connectivity index (χ4v) is 5.72. The Kier molecular flexibility index (Phi) is 4.83. The van der Waals surface area contributed by atoms with Crippen LogP contribution in [0.5, 0.6) is 0 Å². The number of fused-ring (bicyclic) bond motifs is 5. The molecule has 1 aromatic heterocycles. The summed E-state index contributed by atoms with van der Waals surface area (Å²) in [6.07, 6.45) is 4.86. The highest BCUT2D eigenvalue weighted by molar-refractivity contribution is 6.42. The maximum absolute atomic E-state index is 13.3. The van der Waals surface area contributed by atoms with Gasteiger partial charge < -0.3 is 19.7 Å². The van der Waals surface area contributed by atoms with Crippen LogP contribution >= 0.6 is 23.2 Å². The maximum Gasteiger partial charge on any atom is 0.230 e. The van der Waals surface area contributed by atoms with Crippen molar-refractivity contribution in [1.29, 1.82) is 0 Å². The number of amides is 1. The van der Waals surface area contributed by atoms with Crippen molar-refractivity contribution in [1.82, 2.24) is 9.97 Å². The van der Waals surface area contributed by atoms with Gasteiger partial charge in [-0.15, -0.1) is 0 Å². The molecule has 1 aromatic carbocycles. The highest BCUT2D eigenvalue weighted by Crippen LogP contribution is 2.65. The highest BCUT2D eigenvalue weighted by Gasteiger charge is 2.68. The van der Waals surface area contributed by atoms with Gasteiger partial charge in [0.1, 0.15) is 0 Å². The molecule has 0 spiro atoms. The number of aromatic nitrogens is 2. The molecule has 1 aliphatic carbocycles. The van der Waals surface area contributed by atoms with E-state index in [0.29, 0.717) is 46.7 Å². The molecule has 4 aliphatic rings. The van der Waals surface area contributed by atoms with Crippen molar-refractivity contribution in [2.45, 2.75) is 24.5 Å². The zero-order chi connectivity index (χ0) is 21.1. The van der Waals surface area contributed by atoms with E-state index in [1.165, 1.54) is 0 Å². The van der Waals surface area contributed by atoms with Crippen LogP contribution in [0.3, 0.4) is 0 Å². The summed E-state index contributed by atoms with van der Waals surface area (Å²) >= 11 is 12.1. The number of hydrogen-bond acceptors (Lipinski definition) is 6. The van der Waals surface area contributed by atoms with E-state index < -0.39 is 0 Å². The van der Waals surface area contributed by atoms with Crippen molar-refractivity contribution in [3.63, 3.8) is 0 Å². The van der Waals surface area contributed by atoms with Crippen molar-refractivity contribution in [3.05, 3.63) is 46.2 Å². The van der Waals surface area contributed by atoms with Crippen LogP contribution in [0.15, 0.2) is 30.6 Å². The topological polar surface area (TPSA) is 76.6 Å². The summed E-state index contributed by atoms with van der Waals surface area (Å²) in [5.74, 6) is 1.36. The number of benzene rings is 1. The summed E-state index contributed by atoms with van der Waals surface area (Å²) in [6.45, 7) is 2.95. The number of nitrogens with zero attached hydrogens (tertiary/aromatic N) is 3. The molecule has 3 aliphatic heterocycles. The summed E-state index contributed by atoms with van der Waals surface area (Å²) < 4.78 is 11.7. The third kappa shape index (κ3) is 3.39. The number of nitrogens with one attached hydrogen (secondary N) is 1. The molecule has 162 valence electrons. The quantitative estimate of drug-likeness (QED) is 0.753. The van der Waals surface area contributed by atoms with Gasteiger partial charge in [0.05, 0.1) is 41.4 Å². The number of carbonyl (C=O) groups excluding carboxylic acids is 1. The van der Waals surface area contributed by atoms with Crippen LogP contribution < -0.4 is 10.2 Å². The predicted octanol–water partition coefficient (Wildman–Crippen LogP) is 3.38. The van der Waals surface area contributed by atoms with Gasteiger partial charge in [0.15, 0.2) is 0 Å².